The number of thiophene rings is 1. The fourth-order valence-electron chi connectivity index (χ4n) is 4.01. The van der Waals surface area contributed by atoms with Crippen molar-refractivity contribution in [3.63, 3.8) is 0 Å². The lowest BCUT2D eigenvalue weighted by molar-refractivity contribution is -0.113. The molecule has 2 aromatic heterocycles. The van der Waals surface area contributed by atoms with Crippen molar-refractivity contribution in [2.75, 3.05) is 11.1 Å². The molecule has 0 saturated heterocycles. The minimum Gasteiger partial charge on any atom is -0.486 e. The maximum Gasteiger partial charge on any atom is 0.235 e. The van der Waals surface area contributed by atoms with Gasteiger partial charge in [-0.05, 0) is 67.9 Å². The first-order valence-electron chi connectivity index (χ1n) is 10.9. The third kappa shape index (κ3) is 5.40. The summed E-state index contributed by atoms with van der Waals surface area (Å²) < 4.78 is 7.72. The van der Waals surface area contributed by atoms with Gasteiger partial charge in [0.2, 0.25) is 5.91 Å². The molecule has 1 unspecified atom stereocenters. The fourth-order valence-corrected chi connectivity index (χ4v) is 6.12. The molecule has 0 aliphatic heterocycles. The fraction of sp³-hybridized carbons (Fsp3) is 0.417. The molecule has 1 N–H and O–H groups in total. The lowest BCUT2D eigenvalue weighted by Gasteiger charge is -2.17. The lowest BCUT2D eigenvalue weighted by atomic mass is 9.89. The van der Waals surface area contributed by atoms with Gasteiger partial charge >= 0.3 is 0 Å². The number of thioether (sulfide) groups is 1. The molecule has 1 atom stereocenters. The number of nitriles is 1. The molecule has 1 amide bonds. The van der Waals surface area contributed by atoms with Gasteiger partial charge in [-0.3, -0.25) is 4.79 Å². The van der Waals surface area contributed by atoms with Gasteiger partial charge in [0.25, 0.3) is 0 Å². The Kier molecular flexibility index (Phi) is 7.05. The van der Waals surface area contributed by atoms with Crippen LogP contribution in [0.3, 0.4) is 0 Å². The molecule has 1 aromatic carbocycles. The highest BCUT2D eigenvalue weighted by Gasteiger charge is 2.24. The zero-order valence-electron chi connectivity index (χ0n) is 19.3. The Bertz CT molecular complexity index is 1200. The van der Waals surface area contributed by atoms with Gasteiger partial charge in [0.15, 0.2) is 11.0 Å². The molecule has 0 bridgehead atoms. The monoisotopic (exact) mass is 481 g/mol. The molecule has 33 heavy (non-hydrogen) atoms. The number of ether oxygens (including phenoxy) is 1. The van der Waals surface area contributed by atoms with Crippen molar-refractivity contribution in [2.24, 2.45) is 13.0 Å². The number of hydrogen-bond acceptors (Lipinski definition) is 7. The second-order valence-corrected chi connectivity index (χ2v) is 10.6. The van der Waals surface area contributed by atoms with Gasteiger partial charge in [-0.2, -0.15) is 5.26 Å². The van der Waals surface area contributed by atoms with Crippen LogP contribution < -0.4 is 10.1 Å². The smallest absolute Gasteiger partial charge is 0.235 e. The first-order chi connectivity index (χ1) is 15.8. The summed E-state index contributed by atoms with van der Waals surface area (Å²) in [5, 5.41) is 22.3. The molecule has 7 nitrogen and oxygen atoms in total. The van der Waals surface area contributed by atoms with Gasteiger partial charge < -0.3 is 14.6 Å². The molecule has 0 saturated carbocycles. The van der Waals surface area contributed by atoms with E-state index in [1.165, 1.54) is 16.6 Å². The summed E-state index contributed by atoms with van der Waals surface area (Å²) in [5.41, 5.74) is 4.03. The van der Waals surface area contributed by atoms with Gasteiger partial charge in [-0.25, -0.2) is 0 Å². The molecule has 0 spiro atoms. The summed E-state index contributed by atoms with van der Waals surface area (Å²) in [6.45, 7) is 6.59. The number of hydrogen-bond donors (Lipinski definition) is 1. The van der Waals surface area contributed by atoms with E-state index in [9.17, 15) is 10.1 Å². The minimum atomic E-state index is -0.154. The predicted octanol–water partition coefficient (Wildman–Crippen LogP) is 4.80. The topological polar surface area (TPSA) is 92.8 Å². The van der Waals surface area contributed by atoms with Crippen molar-refractivity contribution in [3.05, 3.63) is 51.2 Å². The molecule has 172 valence electrons. The minimum absolute atomic E-state index is 0.154. The highest BCUT2D eigenvalue weighted by atomic mass is 32.2. The number of nitrogens with one attached hydrogen (secondary N) is 1. The van der Waals surface area contributed by atoms with Crippen LogP contribution in [-0.4, -0.2) is 26.4 Å². The molecule has 1 aliphatic carbocycles. The van der Waals surface area contributed by atoms with Crippen LogP contribution in [-0.2, 0) is 31.3 Å². The van der Waals surface area contributed by atoms with E-state index in [0.29, 0.717) is 34.1 Å². The molecule has 0 radical (unpaired) electrons. The van der Waals surface area contributed by atoms with Crippen LogP contribution in [0.4, 0.5) is 5.00 Å². The Labute approximate surface area is 202 Å². The van der Waals surface area contributed by atoms with E-state index < -0.39 is 0 Å². The van der Waals surface area contributed by atoms with Gasteiger partial charge in [0.05, 0.1) is 11.3 Å². The molecule has 9 heteroatoms. The normalized spacial score (nSPS) is 15.1. The Hall–Kier alpha value is -2.83. The van der Waals surface area contributed by atoms with Gasteiger partial charge in [0, 0.05) is 11.9 Å². The number of carbonyl (C=O) groups excluding carboxylic acids is 1. The van der Waals surface area contributed by atoms with Crippen molar-refractivity contribution in [1.29, 1.82) is 5.26 Å². The highest BCUT2D eigenvalue weighted by Crippen LogP contribution is 2.39. The first-order valence-corrected chi connectivity index (χ1v) is 12.7. The maximum atomic E-state index is 12.6. The summed E-state index contributed by atoms with van der Waals surface area (Å²) in [6, 6.07) is 8.37. The van der Waals surface area contributed by atoms with Crippen LogP contribution in [0.25, 0.3) is 0 Å². The van der Waals surface area contributed by atoms with E-state index in [4.69, 9.17) is 4.74 Å². The number of benzene rings is 1. The zero-order chi connectivity index (χ0) is 23.5. The number of aromatic nitrogens is 3. The van der Waals surface area contributed by atoms with E-state index in [0.717, 1.165) is 41.7 Å². The predicted molar refractivity (Wildman–Crippen MR) is 131 cm³/mol. The third-order valence-electron chi connectivity index (χ3n) is 5.70. The molecule has 2 heterocycles. The van der Waals surface area contributed by atoms with Crippen molar-refractivity contribution in [1.82, 2.24) is 14.8 Å². The second kappa shape index (κ2) is 9.98. The second-order valence-electron chi connectivity index (χ2n) is 8.57. The van der Waals surface area contributed by atoms with Crippen molar-refractivity contribution >= 4 is 34.0 Å². The van der Waals surface area contributed by atoms with Crippen LogP contribution in [0.1, 0.15) is 46.3 Å². The third-order valence-corrected chi connectivity index (χ3v) is 7.89. The first kappa shape index (κ1) is 23.3. The average molecular weight is 482 g/mol. The van der Waals surface area contributed by atoms with Crippen LogP contribution in [0.2, 0.25) is 0 Å². The summed E-state index contributed by atoms with van der Waals surface area (Å²) in [7, 11) is 1.86. The largest absolute Gasteiger partial charge is 0.486 e. The van der Waals surface area contributed by atoms with Gasteiger partial charge in [-0.15, -0.1) is 21.5 Å². The number of fused-ring (bicyclic) bond motifs is 1. The van der Waals surface area contributed by atoms with Crippen molar-refractivity contribution < 1.29 is 9.53 Å². The number of aryl methyl sites for hydroxylation is 2. The van der Waals surface area contributed by atoms with E-state index in [-0.39, 0.29) is 11.7 Å². The van der Waals surface area contributed by atoms with E-state index in [1.54, 1.807) is 11.3 Å². The number of anilines is 1. The molecule has 0 fully saturated rings. The van der Waals surface area contributed by atoms with Crippen molar-refractivity contribution in [2.45, 2.75) is 51.8 Å². The van der Waals surface area contributed by atoms with E-state index in [2.05, 4.69) is 34.6 Å². The summed E-state index contributed by atoms with van der Waals surface area (Å²) in [5.74, 6) is 2.13. The highest BCUT2D eigenvalue weighted by molar-refractivity contribution is 7.99. The molecule has 1 aliphatic rings. The molecule has 3 aromatic rings. The molecule has 4 rings (SSSR count). The Morgan fingerprint density at radius 1 is 1.33 bits per heavy atom. The summed E-state index contributed by atoms with van der Waals surface area (Å²) >= 11 is 2.85. The lowest BCUT2D eigenvalue weighted by Crippen LogP contribution is -2.14. The SMILES string of the molecule is Cc1cc(C)cc(OCc2nnc(SCC(=O)Nc3sc4c(c3C#N)CCC(C)C4)n2C)c1. The van der Waals surface area contributed by atoms with E-state index in [1.807, 2.05) is 37.6 Å². The number of carbonyl (C=O) groups is 1. The van der Waals surface area contributed by atoms with Crippen LogP contribution in [0, 0.1) is 31.1 Å². The van der Waals surface area contributed by atoms with Gasteiger partial charge in [0.1, 0.15) is 23.4 Å². The van der Waals surface area contributed by atoms with Gasteiger partial charge in [-0.1, -0.05) is 24.8 Å². The number of amides is 1. The van der Waals surface area contributed by atoms with Crippen LogP contribution in [0.15, 0.2) is 23.4 Å². The Morgan fingerprint density at radius 3 is 2.82 bits per heavy atom. The Morgan fingerprint density at radius 2 is 2.09 bits per heavy atom. The summed E-state index contributed by atoms with van der Waals surface area (Å²) in [4.78, 5) is 13.8. The maximum absolute atomic E-state index is 12.6. The number of nitrogens with zero attached hydrogens (tertiary/aromatic N) is 4. The number of rotatable bonds is 7. The van der Waals surface area contributed by atoms with Crippen LogP contribution >= 0.6 is 23.1 Å². The Balaban J connectivity index is 1.35. The summed E-state index contributed by atoms with van der Waals surface area (Å²) in [6.07, 6.45) is 2.97. The van der Waals surface area contributed by atoms with Crippen molar-refractivity contribution in [3.8, 4) is 11.8 Å². The standard InChI is InChI=1S/C24H27N5O2S2/c1-14-5-6-18-19(11-25)23(33-20(18)10-14)26-22(30)13-32-24-28-27-21(29(24)4)12-31-17-8-15(2)7-16(3)9-17/h7-9,14H,5-6,10,12-13H2,1-4H3,(H,26,30). The molecular weight excluding hydrogens is 454 g/mol. The quantitative estimate of drug-likeness (QED) is 0.487. The average Bonchev–Trinajstić information content (AvgIpc) is 3.28. The molecular formula is C24H27N5O2S2. The zero-order valence-corrected chi connectivity index (χ0v) is 20.9. The van der Waals surface area contributed by atoms with E-state index >= 15 is 0 Å². The van der Waals surface area contributed by atoms with Crippen LogP contribution in [0.5, 0.6) is 5.75 Å².